The Morgan fingerprint density at radius 1 is 0.879 bits per heavy atom. The Bertz CT molecular complexity index is 1370. The predicted octanol–water partition coefficient (Wildman–Crippen LogP) is 4.71. The summed E-state index contributed by atoms with van der Waals surface area (Å²) in [5.41, 5.74) is 2.54. The molecule has 33 heavy (non-hydrogen) atoms. The molecule has 0 aromatic heterocycles. The molecule has 2 aliphatic heterocycles. The van der Waals surface area contributed by atoms with E-state index in [1.165, 1.54) is 0 Å². The number of amides is 2. The van der Waals surface area contributed by atoms with Gasteiger partial charge in [-0.25, -0.2) is 13.7 Å². The maximum Gasteiger partial charge on any atom is 0.282 e. The number of hydrogen-bond acceptors (Lipinski definition) is 5. The number of nitrogens with one attached hydrogen (secondary N) is 1. The van der Waals surface area contributed by atoms with Gasteiger partial charge in [-0.15, -0.1) is 0 Å². The highest BCUT2D eigenvalue weighted by molar-refractivity contribution is 6.46. The van der Waals surface area contributed by atoms with Gasteiger partial charge in [-0.3, -0.25) is 9.59 Å². The van der Waals surface area contributed by atoms with Crippen molar-refractivity contribution in [3.63, 3.8) is 0 Å². The molecule has 2 amide bonds. The van der Waals surface area contributed by atoms with Gasteiger partial charge in [0.05, 0.1) is 11.3 Å². The number of carbonyl (C=O) groups excluding carboxylic acids is 2. The van der Waals surface area contributed by atoms with Gasteiger partial charge in [0, 0.05) is 17.8 Å². The van der Waals surface area contributed by atoms with Crippen molar-refractivity contribution in [2.24, 2.45) is 0 Å². The number of nitrogens with zero attached hydrogens (tertiary/aromatic N) is 1. The first-order valence-corrected chi connectivity index (χ1v) is 10.2. The van der Waals surface area contributed by atoms with Gasteiger partial charge in [0.2, 0.25) is 6.79 Å². The fourth-order valence-corrected chi connectivity index (χ4v) is 3.99. The number of benzene rings is 3. The van der Waals surface area contributed by atoms with E-state index < -0.39 is 23.4 Å². The van der Waals surface area contributed by atoms with E-state index in [9.17, 15) is 18.4 Å². The minimum atomic E-state index is -1.01. The van der Waals surface area contributed by atoms with Gasteiger partial charge in [0.25, 0.3) is 11.8 Å². The largest absolute Gasteiger partial charge is 0.454 e. The maximum atomic E-state index is 14.6. The third kappa shape index (κ3) is 3.49. The predicted molar refractivity (Wildman–Crippen MR) is 118 cm³/mol. The second-order valence-electron chi connectivity index (χ2n) is 7.80. The van der Waals surface area contributed by atoms with E-state index in [4.69, 9.17) is 9.47 Å². The number of anilines is 2. The fourth-order valence-electron chi connectivity index (χ4n) is 3.99. The van der Waals surface area contributed by atoms with Crippen LogP contribution in [0.3, 0.4) is 0 Å². The zero-order valence-electron chi connectivity index (χ0n) is 17.7. The summed E-state index contributed by atoms with van der Waals surface area (Å²) in [5, 5.41) is 3.01. The van der Waals surface area contributed by atoms with E-state index in [1.807, 2.05) is 26.0 Å². The minimum absolute atomic E-state index is 0.0189. The Labute approximate surface area is 188 Å². The minimum Gasteiger partial charge on any atom is -0.454 e. The van der Waals surface area contributed by atoms with Gasteiger partial charge in [-0.2, -0.15) is 0 Å². The molecule has 0 saturated heterocycles. The van der Waals surface area contributed by atoms with Crippen LogP contribution in [0.4, 0.5) is 20.2 Å². The summed E-state index contributed by atoms with van der Waals surface area (Å²) in [4.78, 5) is 27.6. The van der Waals surface area contributed by atoms with Crippen LogP contribution in [0.5, 0.6) is 11.5 Å². The molecule has 2 heterocycles. The SMILES string of the molecule is Cc1ccc(C2=C(Nc3ccc4c(c3)OCO4)C(=O)N(c3ccc(F)cc3F)C2=O)c(C)c1. The molecule has 0 bridgehead atoms. The molecular formula is C25H18F2N2O4. The van der Waals surface area contributed by atoms with Crippen LogP contribution in [-0.2, 0) is 9.59 Å². The zero-order chi connectivity index (χ0) is 23.3. The fraction of sp³-hybridized carbons (Fsp3) is 0.120. The van der Waals surface area contributed by atoms with Gasteiger partial charge in [-0.1, -0.05) is 23.8 Å². The molecule has 0 atom stereocenters. The molecule has 6 nitrogen and oxygen atoms in total. The van der Waals surface area contributed by atoms with Crippen molar-refractivity contribution >= 4 is 28.8 Å². The second kappa shape index (κ2) is 7.74. The van der Waals surface area contributed by atoms with E-state index in [2.05, 4.69) is 5.32 Å². The molecule has 0 radical (unpaired) electrons. The van der Waals surface area contributed by atoms with Crippen LogP contribution in [-0.4, -0.2) is 18.6 Å². The van der Waals surface area contributed by atoms with Gasteiger partial charge in [0.1, 0.15) is 17.3 Å². The number of halogens is 2. The second-order valence-corrected chi connectivity index (χ2v) is 7.80. The van der Waals surface area contributed by atoms with Crippen LogP contribution in [0.15, 0.2) is 60.3 Å². The van der Waals surface area contributed by atoms with Crippen LogP contribution < -0.4 is 19.7 Å². The standard InChI is InChI=1S/C25H18F2N2O4/c1-13-3-6-17(14(2)9-13)22-23(28-16-5-8-20-21(11-16)33-12-32-20)25(31)29(24(22)30)19-7-4-15(26)10-18(19)27/h3-11,28H,12H2,1-2H3. The third-order valence-electron chi connectivity index (χ3n) is 5.53. The topological polar surface area (TPSA) is 67.9 Å². The Balaban J connectivity index is 1.64. The normalized spacial score (nSPS) is 15.0. The number of imide groups is 1. The van der Waals surface area contributed by atoms with E-state index in [0.29, 0.717) is 28.8 Å². The van der Waals surface area contributed by atoms with Gasteiger partial charge in [0.15, 0.2) is 11.5 Å². The molecule has 1 N–H and O–H groups in total. The van der Waals surface area contributed by atoms with Crippen LogP contribution in [0.1, 0.15) is 16.7 Å². The van der Waals surface area contributed by atoms with Crippen molar-refractivity contribution in [3.05, 3.63) is 88.6 Å². The van der Waals surface area contributed by atoms with Crippen molar-refractivity contribution in [1.29, 1.82) is 0 Å². The van der Waals surface area contributed by atoms with Gasteiger partial charge >= 0.3 is 0 Å². The zero-order valence-corrected chi connectivity index (χ0v) is 17.7. The Morgan fingerprint density at radius 3 is 2.42 bits per heavy atom. The van der Waals surface area contributed by atoms with E-state index in [0.717, 1.165) is 28.2 Å². The summed E-state index contributed by atoms with van der Waals surface area (Å²) in [6.07, 6.45) is 0. The van der Waals surface area contributed by atoms with Crippen molar-refractivity contribution in [2.45, 2.75) is 13.8 Å². The Kier molecular flexibility index (Phi) is 4.85. The number of rotatable bonds is 4. The summed E-state index contributed by atoms with van der Waals surface area (Å²) < 4.78 is 38.7. The molecule has 0 aliphatic carbocycles. The molecular weight excluding hydrogens is 430 g/mol. The lowest BCUT2D eigenvalue weighted by atomic mass is 9.97. The monoisotopic (exact) mass is 448 g/mol. The van der Waals surface area contributed by atoms with Crippen molar-refractivity contribution in [2.75, 3.05) is 17.0 Å². The molecule has 166 valence electrons. The van der Waals surface area contributed by atoms with Crippen molar-refractivity contribution in [1.82, 2.24) is 0 Å². The van der Waals surface area contributed by atoms with Crippen LogP contribution in [0, 0.1) is 25.5 Å². The van der Waals surface area contributed by atoms with E-state index in [1.54, 1.807) is 24.3 Å². The summed E-state index contributed by atoms with van der Waals surface area (Å²) in [7, 11) is 0. The number of hydrogen-bond donors (Lipinski definition) is 1. The molecule has 8 heteroatoms. The average molecular weight is 448 g/mol. The first kappa shape index (κ1) is 20.7. The smallest absolute Gasteiger partial charge is 0.282 e. The van der Waals surface area contributed by atoms with Crippen LogP contribution >= 0.6 is 0 Å². The van der Waals surface area contributed by atoms with Crippen molar-refractivity contribution in [3.8, 4) is 11.5 Å². The summed E-state index contributed by atoms with van der Waals surface area (Å²) >= 11 is 0. The number of aryl methyl sites for hydroxylation is 2. The Hall–Kier alpha value is -4.20. The summed E-state index contributed by atoms with van der Waals surface area (Å²) in [6.45, 7) is 3.83. The van der Waals surface area contributed by atoms with E-state index >= 15 is 0 Å². The molecule has 0 spiro atoms. The van der Waals surface area contributed by atoms with Crippen LogP contribution in [0.25, 0.3) is 5.57 Å². The summed E-state index contributed by atoms with van der Waals surface area (Å²) in [5.74, 6) is -2.23. The quantitative estimate of drug-likeness (QED) is 0.586. The maximum absolute atomic E-state index is 14.6. The molecule has 2 aliphatic rings. The third-order valence-corrected chi connectivity index (χ3v) is 5.53. The molecule has 0 fully saturated rings. The Morgan fingerprint density at radius 2 is 1.67 bits per heavy atom. The number of ether oxygens (including phenoxy) is 2. The summed E-state index contributed by atoms with van der Waals surface area (Å²) in [6, 6.07) is 13.2. The van der Waals surface area contributed by atoms with Gasteiger partial charge in [-0.05, 0) is 49.2 Å². The van der Waals surface area contributed by atoms with E-state index in [-0.39, 0.29) is 23.8 Å². The number of carbonyl (C=O) groups is 2. The van der Waals surface area contributed by atoms with Gasteiger partial charge < -0.3 is 14.8 Å². The highest BCUT2D eigenvalue weighted by Gasteiger charge is 2.42. The highest BCUT2D eigenvalue weighted by Crippen LogP contribution is 2.38. The van der Waals surface area contributed by atoms with Crippen molar-refractivity contribution < 1.29 is 27.8 Å². The molecule has 3 aromatic rings. The average Bonchev–Trinajstić information content (AvgIpc) is 3.32. The lowest BCUT2D eigenvalue weighted by Gasteiger charge is -2.16. The molecule has 0 unspecified atom stereocenters. The first-order valence-electron chi connectivity index (χ1n) is 10.2. The molecule has 0 saturated carbocycles. The number of fused-ring (bicyclic) bond motifs is 1. The molecule has 5 rings (SSSR count). The lowest BCUT2D eigenvalue weighted by Crippen LogP contribution is -2.33. The lowest BCUT2D eigenvalue weighted by molar-refractivity contribution is -0.120. The molecule has 3 aromatic carbocycles. The first-order chi connectivity index (χ1) is 15.8. The highest BCUT2D eigenvalue weighted by atomic mass is 19.1. The van der Waals surface area contributed by atoms with Crippen LogP contribution in [0.2, 0.25) is 0 Å².